The summed E-state index contributed by atoms with van der Waals surface area (Å²) in [5.74, 6) is 0.393. The number of hydrogen-bond acceptors (Lipinski definition) is 5. The van der Waals surface area contributed by atoms with Crippen molar-refractivity contribution in [3.8, 4) is 0 Å². The molecule has 2 N–H and O–H groups in total. The molecule has 2 heterocycles. The molecule has 1 fully saturated rings. The normalized spacial score (nSPS) is 15.7. The van der Waals surface area contributed by atoms with Crippen LogP contribution in [0.4, 0.5) is 0 Å². The van der Waals surface area contributed by atoms with Crippen LogP contribution >= 0.6 is 11.3 Å². The fraction of sp³-hybridized carbons (Fsp3) is 0.556. The van der Waals surface area contributed by atoms with E-state index in [0.29, 0.717) is 25.4 Å². The van der Waals surface area contributed by atoms with Crippen LogP contribution in [0.25, 0.3) is 0 Å². The summed E-state index contributed by atoms with van der Waals surface area (Å²) < 4.78 is 1.58. The lowest BCUT2D eigenvalue weighted by Crippen LogP contribution is -2.28. The lowest BCUT2D eigenvalue weighted by atomic mass is 10.0. The molecule has 1 aliphatic rings. The quantitative estimate of drug-likeness (QED) is 0.742. The molecular formula is C18H25N5O2S. The molecule has 0 radical (unpaired) electrons. The van der Waals surface area contributed by atoms with E-state index in [0.717, 1.165) is 4.88 Å². The van der Waals surface area contributed by atoms with Gasteiger partial charge in [0.25, 0.3) is 5.91 Å². The summed E-state index contributed by atoms with van der Waals surface area (Å²) in [7, 11) is 0. The van der Waals surface area contributed by atoms with Gasteiger partial charge in [-0.15, -0.1) is 16.4 Å². The number of rotatable bonds is 8. The minimum atomic E-state index is -0.248. The summed E-state index contributed by atoms with van der Waals surface area (Å²) >= 11 is 1.60. The first-order valence-corrected chi connectivity index (χ1v) is 10.0. The number of amides is 2. The Morgan fingerprint density at radius 1 is 1.38 bits per heavy atom. The maximum Gasteiger partial charge on any atom is 0.273 e. The van der Waals surface area contributed by atoms with Crippen molar-refractivity contribution in [3.05, 3.63) is 34.3 Å². The summed E-state index contributed by atoms with van der Waals surface area (Å²) in [5, 5.41) is 15.7. The van der Waals surface area contributed by atoms with Crippen LogP contribution in [0.3, 0.4) is 0 Å². The maximum absolute atomic E-state index is 12.2. The minimum absolute atomic E-state index is 0.0671. The molecule has 2 aromatic heterocycles. The summed E-state index contributed by atoms with van der Waals surface area (Å²) in [6.07, 6.45) is 7.04. The topological polar surface area (TPSA) is 88.9 Å². The van der Waals surface area contributed by atoms with Crippen LogP contribution < -0.4 is 10.6 Å². The Kier molecular flexibility index (Phi) is 6.38. The molecule has 0 aromatic carbocycles. The Morgan fingerprint density at radius 2 is 2.19 bits per heavy atom. The number of carbonyl (C=O) groups is 2. The highest BCUT2D eigenvalue weighted by molar-refractivity contribution is 7.10. The smallest absolute Gasteiger partial charge is 0.273 e. The van der Waals surface area contributed by atoms with Crippen LogP contribution in [0.5, 0.6) is 0 Å². The van der Waals surface area contributed by atoms with Crippen LogP contribution in [-0.2, 0) is 11.3 Å². The van der Waals surface area contributed by atoms with Gasteiger partial charge in [0.05, 0.1) is 18.8 Å². The number of hydrogen-bond donors (Lipinski definition) is 2. The van der Waals surface area contributed by atoms with E-state index in [-0.39, 0.29) is 23.6 Å². The fourth-order valence-electron chi connectivity index (χ4n) is 3.25. The van der Waals surface area contributed by atoms with Crippen LogP contribution in [0, 0.1) is 5.92 Å². The maximum atomic E-state index is 12.2. The van der Waals surface area contributed by atoms with Crippen molar-refractivity contribution >= 4 is 23.2 Å². The molecule has 1 aliphatic carbocycles. The molecule has 2 aromatic rings. The zero-order chi connectivity index (χ0) is 18.4. The van der Waals surface area contributed by atoms with Crippen molar-refractivity contribution in [1.82, 2.24) is 25.6 Å². The van der Waals surface area contributed by atoms with E-state index in [1.807, 2.05) is 24.4 Å². The largest absolute Gasteiger partial charge is 0.354 e. The molecule has 0 aliphatic heterocycles. The molecule has 0 spiro atoms. The van der Waals surface area contributed by atoms with Crippen molar-refractivity contribution in [2.24, 2.45) is 5.92 Å². The Bertz CT molecular complexity index is 722. The van der Waals surface area contributed by atoms with E-state index in [2.05, 4.69) is 20.9 Å². The van der Waals surface area contributed by atoms with Gasteiger partial charge in [0.1, 0.15) is 0 Å². The van der Waals surface area contributed by atoms with Gasteiger partial charge in [-0.25, -0.2) is 4.68 Å². The first-order valence-electron chi connectivity index (χ1n) is 9.13. The van der Waals surface area contributed by atoms with Crippen LogP contribution in [0.15, 0.2) is 23.7 Å². The molecule has 0 bridgehead atoms. The molecule has 1 atom stereocenters. The number of thiophene rings is 1. The second-order valence-electron chi connectivity index (χ2n) is 6.78. The van der Waals surface area contributed by atoms with E-state index in [1.165, 1.54) is 25.7 Å². The van der Waals surface area contributed by atoms with Gasteiger partial charge in [-0.3, -0.25) is 9.59 Å². The number of nitrogens with one attached hydrogen (secondary N) is 2. The summed E-state index contributed by atoms with van der Waals surface area (Å²) in [5.41, 5.74) is 0.283. The van der Waals surface area contributed by atoms with Gasteiger partial charge in [-0.05, 0) is 37.1 Å². The SMILES string of the molecule is C[C@H](NC(=O)c1cn(CCNC(=O)CC2CCCC2)nn1)c1cccs1. The predicted molar refractivity (Wildman–Crippen MR) is 99.8 cm³/mol. The Labute approximate surface area is 157 Å². The van der Waals surface area contributed by atoms with Gasteiger partial charge in [0.2, 0.25) is 5.91 Å². The lowest BCUT2D eigenvalue weighted by molar-refractivity contribution is -0.122. The molecule has 140 valence electrons. The highest BCUT2D eigenvalue weighted by Crippen LogP contribution is 2.27. The molecular weight excluding hydrogens is 350 g/mol. The van der Waals surface area contributed by atoms with E-state index in [4.69, 9.17) is 0 Å². The Morgan fingerprint density at radius 3 is 2.92 bits per heavy atom. The number of aromatic nitrogens is 3. The third kappa shape index (κ3) is 5.14. The standard InChI is InChI=1S/C18H25N5O2S/c1-13(16-7-4-10-26-16)20-18(25)15-12-23(22-21-15)9-8-19-17(24)11-14-5-2-3-6-14/h4,7,10,12-14H,2-3,5-6,8-9,11H2,1H3,(H,19,24)(H,20,25)/t13-/m0/s1. The highest BCUT2D eigenvalue weighted by atomic mass is 32.1. The molecule has 7 nitrogen and oxygen atoms in total. The summed E-state index contributed by atoms with van der Waals surface area (Å²) in [6, 6.07) is 3.88. The molecule has 0 saturated heterocycles. The van der Waals surface area contributed by atoms with E-state index in [1.54, 1.807) is 22.2 Å². The Hall–Kier alpha value is -2.22. The van der Waals surface area contributed by atoms with Gasteiger partial charge in [-0.1, -0.05) is 24.1 Å². The van der Waals surface area contributed by atoms with E-state index in [9.17, 15) is 9.59 Å². The average molecular weight is 375 g/mol. The molecule has 1 saturated carbocycles. The molecule has 2 amide bonds. The number of nitrogens with zero attached hydrogens (tertiary/aromatic N) is 3. The van der Waals surface area contributed by atoms with Gasteiger partial charge in [-0.2, -0.15) is 0 Å². The molecule has 0 unspecified atom stereocenters. The zero-order valence-electron chi connectivity index (χ0n) is 15.0. The first kappa shape index (κ1) is 18.6. The lowest BCUT2D eigenvalue weighted by Gasteiger charge is -2.10. The number of carbonyl (C=O) groups excluding carboxylic acids is 2. The zero-order valence-corrected chi connectivity index (χ0v) is 15.8. The summed E-state index contributed by atoms with van der Waals surface area (Å²) in [6.45, 7) is 2.92. The Balaban J connectivity index is 1.41. The summed E-state index contributed by atoms with van der Waals surface area (Å²) in [4.78, 5) is 25.3. The van der Waals surface area contributed by atoms with Crippen molar-refractivity contribution < 1.29 is 9.59 Å². The van der Waals surface area contributed by atoms with Gasteiger partial charge in [0.15, 0.2) is 5.69 Å². The monoisotopic (exact) mass is 375 g/mol. The van der Waals surface area contributed by atoms with Gasteiger partial charge >= 0.3 is 0 Å². The molecule has 3 rings (SSSR count). The second kappa shape index (κ2) is 8.93. The van der Waals surface area contributed by atoms with Crippen molar-refractivity contribution in [1.29, 1.82) is 0 Å². The van der Waals surface area contributed by atoms with E-state index < -0.39 is 0 Å². The van der Waals surface area contributed by atoms with Crippen molar-refractivity contribution in [2.75, 3.05) is 6.54 Å². The predicted octanol–water partition coefficient (Wildman–Crippen LogP) is 2.53. The second-order valence-corrected chi connectivity index (χ2v) is 7.76. The molecule has 26 heavy (non-hydrogen) atoms. The molecule has 8 heteroatoms. The fourth-order valence-corrected chi connectivity index (χ4v) is 3.98. The van der Waals surface area contributed by atoms with Crippen LogP contribution in [0.1, 0.15) is 60.4 Å². The third-order valence-electron chi connectivity index (χ3n) is 4.70. The van der Waals surface area contributed by atoms with Gasteiger partial charge in [0, 0.05) is 17.8 Å². The van der Waals surface area contributed by atoms with Crippen molar-refractivity contribution in [3.63, 3.8) is 0 Å². The van der Waals surface area contributed by atoms with Gasteiger partial charge < -0.3 is 10.6 Å². The van der Waals surface area contributed by atoms with E-state index >= 15 is 0 Å². The minimum Gasteiger partial charge on any atom is -0.354 e. The third-order valence-corrected chi connectivity index (χ3v) is 5.76. The first-order chi connectivity index (χ1) is 12.6. The van der Waals surface area contributed by atoms with Crippen LogP contribution in [-0.4, -0.2) is 33.4 Å². The highest BCUT2D eigenvalue weighted by Gasteiger charge is 2.18. The van der Waals surface area contributed by atoms with Crippen LogP contribution in [0.2, 0.25) is 0 Å². The average Bonchev–Trinajstić information content (AvgIpc) is 3.37. The van der Waals surface area contributed by atoms with Crippen molar-refractivity contribution in [2.45, 2.75) is 51.6 Å².